The predicted molar refractivity (Wildman–Crippen MR) is 116 cm³/mol. The fraction of sp³-hybridized carbons (Fsp3) is 0.0870. The molecule has 0 aliphatic carbocycles. The smallest absolute Gasteiger partial charge is 0.271 e. The van der Waals surface area contributed by atoms with E-state index in [4.69, 9.17) is 9.47 Å². The zero-order valence-corrected chi connectivity index (χ0v) is 17.3. The van der Waals surface area contributed by atoms with Crippen LogP contribution in [0, 0.1) is 10.1 Å². The zero-order chi connectivity index (χ0) is 24.0. The van der Waals surface area contributed by atoms with E-state index in [0.717, 1.165) is 23.1 Å². The number of phenols is 1. The molecular weight excluding hydrogens is 446 g/mol. The third-order valence-corrected chi connectivity index (χ3v) is 5.45. The number of fused-ring (bicyclic) bond motifs is 2. The van der Waals surface area contributed by atoms with Crippen LogP contribution in [-0.2, 0) is 6.54 Å². The van der Waals surface area contributed by atoms with Gasteiger partial charge in [0.15, 0.2) is 11.5 Å². The van der Waals surface area contributed by atoms with Gasteiger partial charge in [-0.2, -0.15) is 0 Å². The Hall–Kier alpha value is -4.93. The third kappa shape index (κ3) is 3.54. The number of nitro groups is 1. The van der Waals surface area contributed by atoms with Crippen LogP contribution in [0.2, 0.25) is 0 Å². The number of anilines is 1. The number of non-ortho nitro benzene ring substituents is 1. The van der Waals surface area contributed by atoms with Crippen molar-refractivity contribution in [1.29, 1.82) is 0 Å². The van der Waals surface area contributed by atoms with E-state index in [9.17, 15) is 29.6 Å². The molecule has 0 fully saturated rings. The maximum absolute atomic E-state index is 13.0. The fourth-order valence-corrected chi connectivity index (χ4v) is 3.73. The van der Waals surface area contributed by atoms with Crippen LogP contribution >= 0.6 is 0 Å². The second kappa shape index (κ2) is 7.89. The molecule has 3 aromatic carbocycles. The van der Waals surface area contributed by atoms with E-state index < -0.39 is 22.6 Å². The van der Waals surface area contributed by atoms with Crippen LogP contribution in [0.25, 0.3) is 0 Å². The first kappa shape index (κ1) is 20.9. The summed E-state index contributed by atoms with van der Waals surface area (Å²) >= 11 is 0. The van der Waals surface area contributed by atoms with Crippen molar-refractivity contribution in [3.63, 3.8) is 0 Å². The summed E-state index contributed by atoms with van der Waals surface area (Å²) in [5, 5.41) is 23.3. The number of nitrogens with one attached hydrogen (secondary N) is 1. The van der Waals surface area contributed by atoms with Gasteiger partial charge in [-0.25, -0.2) is 0 Å². The topological polar surface area (TPSA) is 148 Å². The molecule has 0 spiro atoms. The number of ether oxygens (including phenoxy) is 2. The molecule has 2 N–H and O–H groups in total. The standard InChI is InChI=1S/C23H15N3O8/c27-18-5-3-14(26(31)32)9-17(18)24-21(28)13-2-4-15-16(8-13)23(30)25(22(15)29)10-12-1-6-19-20(7-12)34-11-33-19/h1-9,27H,10-11H2,(H,24,28). The normalized spacial score (nSPS) is 13.7. The van der Waals surface area contributed by atoms with Crippen molar-refractivity contribution in [2.75, 3.05) is 12.1 Å². The van der Waals surface area contributed by atoms with Gasteiger partial charge in [-0.15, -0.1) is 0 Å². The summed E-state index contributed by atoms with van der Waals surface area (Å²) < 4.78 is 10.6. The van der Waals surface area contributed by atoms with Crippen LogP contribution in [-0.4, -0.2) is 39.4 Å². The van der Waals surface area contributed by atoms with Crippen LogP contribution in [0.15, 0.2) is 54.6 Å². The SMILES string of the molecule is O=C(Nc1cc([N+](=O)[O-])ccc1O)c1ccc2c(c1)C(=O)N(Cc1ccc3c(c1)OCO3)C2=O. The summed E-state index contributed by atoms with van der Waals surface area (Å²) in [6.07, 6.45) is 0. The first-order valence-electron chi connectivity index (χ1n) is 9.99. The van der Waals surface area contributed by atoms with E-state index in [-0.39, 0.29) is 47.2 Å². The number of carbonyl (C=O) groups is 3. The first-order chi connectivity index (χ1) is 16.3. The molecule has 2 aliphatic heterocycles. The summed E-state index contributed by atoms with van der Waals surface area (Å²) in [4.78, 5) is 49.8. The molecule has 11 nitrogen and oxygen atoms in total. The Morgan fingerprint density at radius 1 is 1.00 bits per heavy atom. The van der Waals surface area contributed by atoms with Crippen molar-refractivity contribution in [3.8, 4) is 17.2 Å². The molecule has 3 aromatic rings. The average molecular weight is 461 g/mol. The van der Waals surface area contributed by atoms with Gasteiger partial charge in [0.05, 0.1) is 28.3 Å². The van der Waals surface area contributed by atoms with Crippen molar-refractivity contribution in [2.45, 2.75) is 6.54 Å². The van der Waals surface area contributed by atoms with Crippen molar-refractivity contribution >= 4 is 29.1 Å². The van der Waals surface area contributed by atoms with Crippen LogP contribution in [0.4, 0.5) is 11.4 Å². The Morgan fingerprint density at radius 3 is 2.56 bits per heavy atom. The van der Waals surface area contributed by atoms with Gasteiger partial charge in [-0.1, -0.05) is 6.07 Å². The van der Waals surface area contributed by atoms with E-state index in [2.05, 4.69) is 5.32 Å². The molecule has 0 saturated carbocycles. The molecule has 3 amide bonds. The number of hydrogen-bond donors (Lipinski definition) is 2. The quantitative estimate of drug-likeness (QED) is 0.255. The van der Waals surface area contributed by atoms with Gasteiger partial charge >= 0.3 is 0 Å². The van der Waals surface area contributed by atoms with Gasteiger partial charge in [0.25, 0.3) is 23.4 Å². The van der Waals surface area contributed by atoms with E-state index in [1.54, 1.807) is 18.2 Å². The van der Waals surface area contributed by atoms with Gasteiger partial charge in [-0.3, -0.25) is 29.4 Å². The molecule has 0 bridgehead atoms. The number of nitro benzene ring substituents is 1. The maximum Gasteiger partial charge on any atom is 0.271 e. The lowest BCUT2D eigenvalue weighted by Gasteiger charge is -2.14. The van der Waals surface area contributed by atoms with Crippen LogP contribution < -0.4 is 14.8 Å². The molecular formula is C23H15N3O8. The molecule has 34 heavy (non-hydrogen) atoms. The van der Waals surface area contributed by atoms with E-state index >= 15 is 0 Å². The fourth-order valence-electron chi connectivity index (χ4n) is 3.73. The molecule has 11 heteroatoms. The molecule has 0 aromatic heterocycles. The van der Waals surface area contributed by atoms with Crippen LogP contribution in [0.1, 0.15) is 36.6 Å². The molecule has 170 valence electrons. The van der Waals surface area contributed by atoms with E-state index in [0.29, 0.717) is 17.1 Å². The van der Waals surface area contributed by atoms with Crippen LogP contribution in [0.3, 0.4) is 0 Å². The van der Waals surface area contributed by atoms with Crippen LogP contribution in [0.5, 0.6) is 17.2 Å². The van der Waals surface area contributed by atoms with E-state index in [1.165, 1.54) is 18.2 Å². The zero-order valence-electron chi connectivity index (χ0n) is 17.3. The highest BCUT2D eigenvalue weighted by Crippen LogP contribution is 2.34. The molecule has 2 heterocycles. The molecule has 0 radical (unpaired) electrons. The summed E-state index contributed by atoms with van der Waals surface area (Å²) in [6, 6.07) is 12.3. The minimum Gasteiger partial charge on any atom is -0.506 e. The molecule has 0 atom stereocenters. The maximum atomic E-state index is 13.0. The highest BCUT2D eigenvalue weighted by Gasteiger charge is 2.36. The number of aromatic hydroxyl groups is 1. The second-order valence-corrected chi connectivity index (χ2v) is 7.56. The van der Waals surface area contributed by atoms with Gasteiger partial charge in [0, 0.05) is 17.7 Å². The van der Waals surface area contributed by atoms with Crippen molar-refractivity contribution in [3.05, 3.63) is 87.0 Å². The van der Waals surface area contributed by atoms with Gasteiger partial charge in [0.1, 0.15) is 5.75 Å². The van der Waals surface area contributed by atoms with Crippen molar-refractivity contribution in [2.24, 2.45) is 0 Å². The summed E-state index contributed by atoms with van der Waals surface area (Å²) in [7, 11) is 0. The Balaban J connectivity index is 1.37. The minimum absolute atomic E-state index is 0.00602. The highest BCUT2D eigenvalue weighted by atomic mass is 16.7. The number of imide groups is 1. The Morgan fingerprint density at radius 2 is 1.76 bits per heavy atom. The summed E-state index contributed by atoms with van der Waals surface area (Å²) in [6.45, 7) is 0.108. The Bertz CT molecular complexity index is 1400. The third-order valence-electron chi connectivity index (χ3n) is 5.45. The van der Waals surface area contributed by atoms with Gasteiger partial charge < -0.3 is 19.9 Å². The number of amides is 3. The lowest BCUT2D eigenvalue weighted by Crippen LogP contribution is -2.29. The first-order valence-corrected chi connectivity index (χ1v) is 9.99. The number of nitrogens with zero attached hydrogens (tertiary/aromatic N) is 2. The monoisotopic (exact) mass is 461 g/mol. The molecule has 5 rings (SSSR count). The average Bonchev–Trinajstić information content (AvgIpc) is 3.38. The largest absolute Gasteiger partial charge is 0.506 e. The van der Waals surface area contributed by atoms with Crippen molar-refractivity contribution in [1.82, 2.24) is 4.90 Å². The number of carbonyl (C=O) groups excluding carboxylic acids is 3. The lowest BCUT2D eigenvalue weighted by molar-refractivity contribution is -0.384. The van der Waals surface area contributed by atoms with E-state index in [1.807, 2.05) is 0 Å². The number of hydrogen-bond acceptors (Lipinski definition) is 8. The number of phenolic OH excluding ortho intramolecular Hbond substituents is 1. The molecule has 0 unspecified atom stereocenters. The van der Waals surface area contributed by atoms with Gasteiger partial charge in [-0.05, 0) is 42.0 Å². The summed E-state index contributed by atoms with van der Waals surface area (Å²) in [5.74, 6) is -1.03. The molecule has 0 saturated heterocycles. The Labute approximate surface area is 191 Å². The number of rotatable bonds is 5. The highest BCUT2D eigenvalue weighted by molar-refractivity contribution is 6.22. The number of benzene rings is 3. The van der Waals surface area contributed by atoms with Gasteiger partial charge in [0.2, 0.25) is 6.79 Å². The predicted octanol–water partition coefficient (Wildman–Crippen LogP) is 3.08. The lowest BCUT2D eigenvalue weighted by atomic mass is 10.1. The minimum atomic E-state index is -0.715. The summed E-state index contributed by atoms with van der Waals surface area (Å²) in [5.41, 5.74) is 0.435. The second-order valence-electron chi connectivity index (χ2n) is 7.56. The van der Waals surface area contributed by atoms with Crippen molar-refractivity contribution < 1.29 is 33.9 Å². The Kier molecular flexibility index (Phi) is 4.86. The molecule has 2 aliphatic rings.